The largest absolute Gasteiger partial charge is 0.337 e. The van der Waals surface area contributed by atoms with E-state index in [1.54, 1.807) is 12.3 Å². The molecular weight excluding hydrogens is 297 g/mol. The number of alkyl halides is 1. The molecule has 1 saturated carbocycles. The van der Waals surface area contributed by atoms with Crippen molar-refractivity contribution in [3.05, 3.63) is 24.0 Å². The zero-order valence-electron chi connectivity index (χ0n) is 12.7. The Balaban J connectivity index is 1.47. The van der Waals surface area contributed by atoms with Gasteiger partial charge in [0.15, 0.2) is 5.82 Å². The quantitative estimate of drug-likeness (QED) is 0.774. The number of nitrogens with zero attached hydrogens (tertiary/aromatic N) is 4. The number of halogens is 1. The van der Waals surface area contributed by atoms with Gasteiger partial charge in [-0.3, -0.25) is 5.10 Å². The van der Waals surface area contributed by atoms with Crippen LogP contribution >= 0.6 is 0 Å². The first-order valence-electron chi connectivity index (χ1n) is 7.97. The van der Waals surface area contributed by atoms with Crippen molar-refractivity contribution in [1.29, 1.82) is 0 Å². The molecule has 2 fully saturated rings. The Kier molecular flexibility index (Phi) is 3.60. The normalized spacial score (nSPS) is 24.2. The van der Waals surface area contributed by atoms with Crippen LogP contribution in [-0.2, 0) is 0 Å². The average molecular weight is 317 g/mol. The third-order valence-electron chi connectivity index (χ3n) is 4.46. The highest BCUT2D eigenvalue weighted by molar-refractivity contribution is 5.54. The SMILES string of the molecule is NC[C@H]1CN(c2nccc(Nc3cc(C4CC4)[nH]n3)n2)C[C@@H]1F. The lowest BCUT2D eigenvalue weighted by molar-refractivity contribution is 0.289. The molecule has 0 unspecified atom stereocenters. The molecule has 1 aliphatic heterocycles. The van der Waals surface area contributed by atoms with Gasteiger partial charge in [0, 0.05) is 36.3 Å². The van der Waals surface area contributed by atoms with Crippen molar-refractivity contribution in [2.45, 2.75) is 24.9 Å². The molecule has 1 aliphatic carbocycles. The molecule has 122 valence electrons. The Hall–Kier alpha value is -2.22. The van der Waals surface area contributed by atoms with E-state index >= 15 is 0 Å². The van der Waals surface area contributed by atoms with Crippen LogP contribution in [0.1, 0.15) is 24.5 Å². The van der Waals surface area contributed by atoms with Crippen molar-refractivity contribution in [1.82, 2.24) is 20.2 Å². The second-order valence-electron chi connectivity index (χ2n) is 6.27. The molecule has 23 heavy (non-hydrogen) atoms. The topological polar surface area (TPSA) is 95.8 Å². The smallest absolute Gasteiger partial charge is 0.227 e. The van der Waals surface area contributed by atoms with Gasteiger partial charge in [-0.1, -0.05) is 0 Å². The number of aromatic nitrogens is 4. The Bertz CT molecular complexity index is 684. The summed E-state index contributed by atoms with van der Waals surface area (Å²) in [6, 6.07) is 3.79. The van der Waals surface area contributed by atoms with Crippen LogP contribution in [0, 0.1) is 5.92 Å². The van der Waals surface area contributed by atoms with Crippen LogP contribution in [0.3, 0.4) is 0 Å². The number of anilines is 3. The first kappa shape index (κ1) is 14.4. The van der Waals surface area contributed by atoms with Crippen molar-refractivity contribution in [3.63, 3.8) is 0 Å². The van der Waals surface area contributed by atoms with E-state index in [1.807, 2.05) is 11.0 Å². The Morgan fingerprint density at radius 3 is 2.96 bits per heavy atom. The predicted molar refractivity (Wildman–Crippen MR) is 85.5 cm³/mol. The zero-order valence-corrected chi connectivity index (χ0v) is 12.7. The van der Waals surface area contributed by atoms with Gasteiger partial charge in [0.25, 0.3) is 0 Å². The van der Waals surface area contributed by atoms with Crippen LogP contribution in [0.15, 0.2) is 18.3 Å². The van der Waals surface area contributed by atoms with Crippen LogP contribution in [0.5, 0.6) is 0 Å². The van der Waals surface area contributed by atoms with Gasteiger partial charge in [-0.2, -0.15) is 10.1 Å². The maximum atomic E-state index is 13.8. The van der Waals surface area contributed by atoms with Gasteiger partial charge in [-0.05, 0) is 25.5 Å². The van der Waals surface area contributed by atoms with Crippen molar-refractivity contribution in [2.75, 3.05) is 29.9 Å². The number of hydrogen-bond donors (Lipinski definition) is 3. The minimum Gasteiger partial charge on any atom is -0.337 e. The lowest BCUT2D eigenvalue weighted by Crippen LogP contribution is -2.24. The van der Waals surface area contributed by atoms with Gasteiger partial charge < -0.3 is 16.0 Å². The molecule has 3 heterocycles. The van der Waals surface area contributed by atoms with E-state index in [0.717, 1.165) is 11.5 Å². The van der Waals surface area contributed by atoms with Gasteiger partial charge in [-0.25, -0.2) is 9.37 Å². The number of H-pyrrole nitrogens is 1. The number of hydrogen-bond acceptors (Lipinski definition) is 6. The van der Waals surface area contributed by atoms with Crippen LogP contribution in [-0.4, -0.2) is 46.0 Å². The summed E-state index contributed by atoms with van der Waals surface area (Å²) in [7, 11) is 0. The Morgan fingerprint density at radius 1 is 1.35 bits per heavy atom. The molecule has 0 aromatic carbocycles. The molecule has 0 radical (unpaired) electrons. The first-order valence-corrected chi connectivity index (χ1v) is 7.97. The summed E-state index contributed by atoms with van der Waals surface area (Å²) in [4.78, 5) is 10.6. The standard InChI is InChI=1S/C15H20FN7/c16-11-8-23(7-10(11)6-17)15-18-4-3-13(20-15)19-14-5-12(21-22-14)9-1-2-9/h3-5,9-11H,1-2,6-8,17H2,(H2,18,19,20,21,22)/t10-,11-/m0/s1. The number of nitrogens with one attached hydrogen (secondary N) is 2. The lowest BCUT2D eigenvalue weighted by Gasteiger charge is -2.16. The molecular formula is C15H20FN7. The third kappa shape index (κ3) is 2.98. The highest BCUT2D eigenvalue weighted by atomic mass is 19.1. The number of nitrogens with two attached hydrogens (primary N) is 1. The molecule has 4 rings (SSSR count). The summed E-state index contributed by atoms with van der Waals surface area (Å²) in [5.41, 5.74) is 6.76. The van der Waals surface area contributed by atoms with E-state index < -0.39 is 6.17 Å². The van der Waals surface area contributed by atoms with Gasteiger partial charge in [0.1, 0.15) is 12.0 Å². The van der Waals surface area contributed by atoms with E-state index in [9.17, 15) is 4.39 Å². The van der Waals surface area contributed by atoms with E-state index in [1.165, 1.54) is 12.8 Å². The fraction of sp³-hybridized carbons (Fsp3) is 0.533. The summed E-state index contributed by atoms with van der Waals surface area (Å²) in [5.74, 6) is 2.38. The first-order chi connectivity index (χ1) is 11.2. The molecule has 1 saturated heterocycles. The van der Waals surface area contributed by atoms with E-state index in [4.69, 9.17) is 5.73 Å². The van der Waals surface area contributed by atoms with Gasteiger partial charge in [0.05, 0.1) is 6.54 Å². The second kappa shape index (κ2) is 5.77. The highest BCUT2D eigenvalue weighted by Gasteiger charge is 2.33. The molecule has 7 nitrogen and oxygen atoms in total. The van der Waals surface area contributed by atoms with Crippen LogP contribution in [0.2, 0.25) is 0 Å². The molecule has 0 amide bonds. The van der Waals surface area contributed by atoms with Gasteiger partial charge >= 0.3 is 0 Å². The second-order valence-corrected chi connectivity index (χ2v) is 6.27. The minimum absolute atomic E-state index is 0.150. The summed E-state index contributed by atoms with van der Waals surface area (Å²) in [6.07, 6.45) is 3.19. The van der Waals surface area contributed by atoms with E-state index in [0.29, 0.717) is 37.3 Å². The molecule has 0 bridgehead atoms. The Labute approximate surface area is 133 Å². The molecule has 8 heteroatoms. The molecule has 2 atom stereocenters. The zero-order chi connectivity index (χ0) is 15.8. The van der Waals surface area contributed by atoms with Crippen molar-refractivity contribution < 1.29 is 4.39 Å². The van der Waals surface area contributed by atoms with Crippen LogP contribution in [0.25, 0.3) is 0 Å². The predicted octanol–water partition coefficient (Wildman–Crippen LogP) is 1.55. The van der Waals surface area contributed by atoms with Crippen LogP contribution < -0.4 is 16.0 Å². The lowest BCUT2D eigenvalue weighted by atomic mass is 10.1. The molecule has 4 N–H and O–H groups in total. The van der Waals surface area contributed by atoms with Crippen molar-refractivity contribution in [3.8, 4) is 0 Å². The fourth-order valence-electron chi connectivity index (χ4n) is 2.92. The number of aromatic amines is 1. The van der Waals surface area contributed by atoms with Gasteiger partial charge in [0.2, 0.25) is 5.95 Å². The molecule has 0 spiro atoms. The fourth-order valence-corrected chi connectivity index (χ4v) is 2.92. The monoisotopic (exact) mass is 317 g/mol. The number of rotatable bonds is 5. The molecule has 2 aromatic rings. The highest BCUT2D eigenvalue weighted by Crippen LogP contribution is 2.39. The molecule has 2 aliphatic rings. The van der Waals surface area contributed by atoms with E-state index in [2.05, 4.69) is 25.5 Å². The summed E-state index contributed by atoms with van der Waals surface area (Å²) < 4.78 is 13.8. The van der Waals surface area contributed by atoms with E-state index in [-0.39, 0.29) is 5.92 Å². The maximum absolute atomic E-state index is 13.8. The molecule has 2 aromatic heterocycles. The summed E-state index contributed by atoms with van der Waals surface area (Å²) in [6.45, 7) is 1.18. The summed E-state index contributed by atoms with van der Waals surface area (Å²) >= 11 is 0. The maximum Gasteiger partial charge on any atom is 0.227 e. The van der Waals surface area contributed by atoms with Crippen LogP contribution in [0.4, 0.5) is 22.0 Å². The van der Waals surface area contributed by atoms with Gasteiger partial charge in [-0.15, -0.1) is 0 Å². The summed E-state index contributed by atoms with van der Waals surface area (Å²) in [5, 5.41) is 10.5. The third-order valence-corrected chi connectivity index (χ3v) is 4.46. The average Bonchev–Trinajstić information content (AvgIpc) is 3.19. The van der Waals surface area contributed by atoms with Crippen molar-refractivity contribution in [2.24, 2.45) is 11.7 Å². The minimum atomic E-state index is -0.923. The Morgan fingerprint density at radius 2 is 2.22 bits per heavy atom. The van der Waals surface area contributed by atoms with Crippen molar-refractivity contribution >= 4 is 17.6 Å².